The number of hydrogen-bond acceptors (Lipinski definition) is 5. The summed E-state index contributed by atoms with van der Waals surface area (Å²) in [6.45, 7) is 1.04. The molecule has 0 bridgehead atoms. The van der Waals surface area contributed by atoms with E-state index >= 15 is 0 Å². The highest BCUT2D eigenvalue weighted by atomic mass is 16.3. The second-order valence-electron chi connectivity index (χ2n) is 8.26. The minimum Gasteiger partial charge on any atom is -0.391 e. The first-order chi connectivity index (χ1) is 14.4. The molecular formula is C21H28N6O3. The summed E-state index contributed by atoms with van der Waals surface area (Å²) in [6, 6.07) is 1.39. The summed E-state index contributed by atoms with van der Waals surface area (Å²) in [6.07, 6.45) is 9.04. The van der Waals surface area contributed by atoms with Gasteiger partial charge in [-0.2, -0.15) is 5.10 Å². The number of nitrogens with two attached hydrogens (primary N) is 1. The fourth-order valence-electron chi connectivity index (χ4n) is 4.42. The summed E-state index contributed by atoms with van der Waals surface area (Å²) in [7, 11) is 1.82. The van der Waals surface area contributed by atoms with Crippen LogP contribution in [0.15, 0.2) is 24.7 Å². The molecule has 9 heteroatoms. The molecule has 0 aromatic carbocycles. The molecular weight excluding hydrogens is 384 g/mol. The van der Waals surface area contributed by atoms with Gasteiger partial charge in [0.25, 0.3) is 5.91 Å². The highest BCUT2D eigenvalue weighted by Crippen LogP contribution is 2.31. The molecule has 9 nitrogen and oxygen atoms in total. The third kappa shape index (κ3) is 4.16. The highest BCUT2D eigenvalue weighted by molar-refractivity contribution is 5.95. The number of amides is 3. The van der Waals surface area contributed by atoms with Gasteiger partial charge in [-0.25, -0.2) is 4.79 Å². The lowest BCUT2D eigenvalue weighted by Gasteiger charge is -2.30. The lowest BCUT2D eigenvalue weighted by Crippen LogP contribution is -2.49. The Bertz CT molecular complexity index is 943. The van der Waals surface area contributed by atoms with Crippen molar-refractivity contribution >= 4 is 11.9 Å². The summed E-state index contributed by atoms with van der Waals surface area (Å²) in [5.41, 5.74) is 8.29. The van der Waals surface area contributed by atoms with Crippen LogP contribution in [0.4, 0.5) is 4.79 Å². The summed E-state index contributed by atoms with van der Waals surface area (Å²) in [4.78, 5) is 31.1. The molecule has 1 saturated carbocycles. The molecule has 30 heavy (non-hydrogen) atoms. The zero-order valence-corrected chi connectivity index (χ0v) is 17.1. The lowest BCUT2D eigenvalue weighted by molar-refractivity contribution is 0.0908. The maximum Gasteiger partial charge on any atom is 0.317 e. The van der Waals surface area contributed by atoms with Crippen molar-refractivity contribution in [3.05, 3.63) is 35.9 Å². The van der Waals surface area contributed by atoms with Crippen molar-refractivity contribution < 1.29 is 14.7 Å². The van der Waals surface area contributed by atoms with E-state index in [0.29, 0.717) is 30.8 Å². The maximum atomic E-state index is 12.7. The molecule has 3 amide bonds. The molecule has 3 heterocycles. The first-order valence-corrected chi connectivity index (χ1v) is 10.4. The Balaban J connectivity index is 1.47. The van der Waals surface area contributed by atoms with Crippen molar-refractivity contribution in [2.24, 2.45) is 12.8 Å². The number of aliphatic hydroxyl groups is 1. The number of hydrogen-bond donors (Lipinski definition) is 3. The predicted molar refractivity (Wildman–Crippen MR) is 111 cm³/mol. The van der Waals surface area contributed by atoms with Crippen molar-refractivity contribution in [3.8, 4) is 11.1 Å². The fourth-order valence-corrected chi connectivity index (χ4v) is 4.42. The Hall–Kier alpha value is -2.94. The molecule has 0 unspecified atom stereocenters. The molecule has 2 aromatic rings. The van der Waals surface area contributed by atoms with Gasteiger partial charge in [0.15, 0.2) is 0 Å². The smallest absolute Gasteiger partial charge is 0.317 e. The van der Waals surface area contributed by atoms with E-state index < -0.39 is 12.0 Å². The van der Waals surface area contributed by atoms with Crippen LogP contribution >= 0.6 is 0 Å². The number of aliphatic hydroxyl groups excluding tert-OH is 1. The van der Waals surface area contributed by atoms with Gasteiger partial charge in [0, 0.05) is 49.6 Å². The van der Waals surface area contributed by atoms with Gasteiger partial charge in [-0.1, -0.05) is 12.8 Å². The van der Waals surface area contributed by atoms with Gasteiger partial charge in [0.2, 0.25) is 0 Å². The highest BCUT2D eigenvalue weighted by Gasteiger charge is 2.33. The number of primary amides is 1. The van der Waals surface area contributed by atoms with E-state index in [9.17, 15) is 14.7 Å². The molecule has 160 valence electrons. The number of nitrogens with zero attached hydrogens (tertiary/aromatic N) is 4. The molecule has 3 atom stereocenters. The Kier molecular flexibility index (Phi) is 5.72. The monoisotopic (exact) mass is 412 g/mol. The summed E-state index contributed by atoms with van der Waals surface area (Å²) in [5, 5.41) is 17.2. The molecule has 0 spiro atoms. The van der Waals surface area contributed by atoms with E-state index in [-0.39, 0.29) is 18.0 Å². The first kappa shape index (κ1) is 20.3. The van der Waals surface area contributed by atoms with Crippen molar-refractivity contribution in [1.29, 1.82) is 0 Å². The van der Waals surface area contributed by atoms with Crippen LogP contribution in [0.2, 0.25) is 0 Å². The van der Waals surface area contributed by atoms with E-state index in [1.165, 1.54) is 0 Å². The van der Waals surface area contributed by atoms with Gasteiger partial charge >= 0.3 is 6.03 Å². The summed E-state index contributed by atoms with van der Waals surface area (Å²) in [5.74, 6) is -0.589. The molecule has 1 aliphatic carbocycles. The number of nitrogens with one attached hydrogen (secondary N) is 1. The molecule has 4 N–H and O–H groups in total. The molecule has 1 saturated heterocycles. The zero-order chi connectivity index (χ0) is 21.3. The molecule has 2 fully saturated rings. The normalized spacial score (nSPS) is 24.1. The molecule has 2 aromatic heterocycles. The van der Waals surface area contributed by atoms with Crippen molar-refractivity contribution in [2.45, 2.75) is 50.2 Å². The van der Waals surface area contributed by atoms with Crippen LogP contribution in [0.25, 0.3) is 11.1 Å². The summed E-state index contributed by atoms with van der Waals surface area (Å²) < 4.78 is 1.68. The minimum atomic E-state index is -0.531. The predicted octanol–water partition coefficient (Wildman–Crippen LogP) is 1.38. The number of carbonyl (C=O) groups excluding carboxylic acids is 2. The number of likely N-dealkylation sites (tertiary alicyclic amines) is 1. The van der Waals surface area contributed by atoms with Gasteiger partial charge in [-0.3, -0.25) is 14.5 Å². The SMILES string of the molecule is Cn1cc(-c2cnc([C@@H]3CCN(C(=O)N[C@@H]4CCCC[C@@H]4O)C3)c(C(N)=O)c2)cn1. The number of aromatic nitrogens is 3. The number of rotatable bonds is 4. The first-order valence-electron chi connectivity index (χ1n) is 10.4. The van der Waals surface area contributed by atoms with Crippen molar-refractivity contribution in [1.82, 2.24) is 25.0 Å². The number of carbonyl (C=O) groups is 2. The van der Waals surface area contributed by atoms with Gasteiger partial charge in [0.05, 0.1) is 29.6 Å². The standard InChI is InChI=1S/C21H28N6O3/c1-26-11-15(10-24-26)14-8-16(20(22)29)19(23-9-14)13-6-7-27(12-13)21(30)25-17-4-2-3-5-18(17)28/h8-11,13,17-18,28H,2-7,12H2,1H3,(H2,22,29)(H,25,30)/t13-,17-,18+/m1/s1. The van der Waals surface area contributed by atoms with E-state index in [1.807, 2.05) is 13.2 Å². The van der Waals surface area contributed by atoms with Crippen LogP contribution in [0.5, 0.6) is 0 Å². The van der Waals surface area contributed by atoms with Crippen molar-refractivity contribution in [3.63, 3.8) is 0 Å². The average Bonchev–Trinajstić information content (AvgIpc) is 3.38. The fraction of sp³-hybridized carbons (Fsp3) is 0.524. The van der Waals surface area contributed by atoms with Gasteiger partial charge < -0.3 is 21.1 Å². The molecule has 1 aliphatic heterocycles. The Labute approximate surface area is 175 Å². The molecule has 2 aliphatic rings. The van der Waals surface area contributed by atoms with E-state index in [0.717, 1.165) is 36.8 Å². The third-order valence-electron chi connectivity index (χ3n) is 6.12. The van der Waals surface area contributed by atoms with E-state index in [4.69, 9.17) is 5.73 Å². The van der Waals surface area contributed by atoms with Crippen LogP contribution in [0, 0.1) is 0 Å². The Morgan fingerprint density at radius 1 is 1.20 bits per heavy atom. The largest absolute Gasteiger partial charge is 0.391 e. The summed E-state index contributed by atoms with van der Waals surface area (Å²) >= 11 is 0. The third-order valence-corrected chi connectivity index (χ3v) is 6.12. The van der Waals surface area contributed by atoms with Gasteiger partial charge in [0.1, 0.15) is 0 Å². The van der Waals surface area contributed by atoms with Crippen LogP contribution in [-0.4, -0.2) is 61.9 Å². The van der Waals surface area contributed by atoms with Crippen molar-refractivity contribution in [2.75, 3.05) is 13.1 Å². The van der Waals surface area contributed by atoms with Crippen LogP contribution in [0.1, 0.15) is 54.1 Å². The average molecular weight is 412 g/mol. The second-order valence-corrected chi connectivity index (χ2v) is 8.26. The van der Waals surface area contributed by atoms with Gasteiger partial charge in [-0.05, 0) is 25.3 Å². The molecule has 4 rings (SSSR count). The van der Waals surface area contributed by atoms with Crippen LogP contribution < -0.4 is 11.1 Å². The topological polar surface area (TPSA) is 126 Å². The minimum absolute atomic E-state index is 0.0579. The maximum absolute atomic E-state index is 12.7. The van der Waals surface area contributed by atoms with Gasteiger partial charge in [-0.15, -0.1) is 0 Å². The Morgan fingerprint density at radius 3 is 2.70 bits per heavy atom. The van der Waals surface area contributed by atoms with E-state index in [1.54, 1.807) is 28.0 Å². The second kappa shape index (κ2) is 8.43. The van der Waals surface area contributed by atoms with Crippen LogP contribution in [-0.2, 0) is 7.05 Å². The number of pyridine rings is 1. The zero-order valence-electron chi connectivity index (χ0n) is 17.1. The number of urea groups is 1. The quantitative estimate of drug-likeness (QED) is 0.699. The molecule has 0 radical (unpaired) electrons. The number of aryl methyl sites for hydroxylation is 1. The lowest BCUT2D eigenvalue weighted by atomic mass is 9.93. The Morgan fingerprint density at radius 2 is 2.00 bits per heavy atom. The van der Waals surface area contributed by atoms with E-state index in [2.05, 4.69) is 15.4 Å². The van der Waals surface area contributed by atoms with Crippen LogP contribution in [0.3, 0.4) is 0 Å².